The maximum absolute atomic E-state index is 11.4. The Labute approximate surface area is 212 Å². The molecule has 1 heterocycles. The normalized spacial score (nSPS) is 12.1. The number of carboxylic acid groups (broad SMARTS) is 1. The largest absolute Gasteiger partial charge is 0.489 e. The Kier molecular flexibility index (Phi) is 9.22. The highest BCUT2D eigenvalue weighted by atomic mass is 35.6. The molecule has 2 rings (SSSR count). The van der Waals surface area contributed by atoms with Crippen LogP contribution in [0.25, 0.3) is 12.2 Å². The van der Waals surface area contributed by atoms with E-state index in [0.29, 0.717) is 5.56 Å². The Hall–Kier alpha value is -1.55. The van der Waals surface area contributed by atoms with Crippen molar-refractivity contribution in [1.82, 2.24) is 15.0 Å². The fourth-order valence-corrected chi connectivity index (χ4v) is 2.63. The summed E-state index contributed by atoms with van der Waals surface area (Å²) in [7, 11) is 0. The van der Waals surface area contributed by atoms with Crippen LogP contribution in [0, 0.1) is 0 Å². The third-order valence-corrected chi connectivity index (χ3v) is 4.39. The second kappa shape index (κ2) is 11.0. The van der Waals surface area contributed by atoms with Gasteiger partial charge in [0, 0.05) is 6.92 Å². The van der Waals surface area contributed by atoms with Crippen LogP contribution in [-0.4, -0.2) is 38.6 Å². The lowest BCUT2D eigenvalue weighted by atomic mass is 10.2. The number of ether oxygens (including phenoxy) is 2. The van der Waals surface area contributed by atoms with E-state index < -0.39 is 19.5 Å². The first-order chi connectivity index (χ1) is 14.8. The third kappa shape index (κ3) is 8.42. The van der Waals surface area contributed by atoms with E-state index in [4.69, 9.17) is 84.2 Å². The van der Waals surface area contributed by atoms with Gasteiger partial charge < -0.3 is 14.6 Å². The summed E-state index contributed by atoms with van der Waals surface area (Å²) in [4.78, 5) is 34.0. The molecule has 0 aliphatic carbocycles. The van der Waals surface area contributed by atoms with Crippen molar-refractivity contribution in [1.29, 1.82) is 0 Å². The van der Waals surface area contributed by atoms with Crippen molar-refractivity contribution in [3.8, 4) is 11.5 Å². The molecule has 0 unspecified atom stereocenters. The van der Waals surface area contributed by atoms with Gasteiger partial charge in [-0.15, -0.1) is 0 Å². The van der Waals surface area contributed by atoms with Gasteiger partial charge in [0.05, 0.1) is 13.0 Å². The van der Waals surface area contributed by atoms with E-state index in [9.17, 15) is 9.59 Å². The molecule has 14 heteroatoms. The van der Waals surface area contributed by atoms with Gasteiger partial charge in [-0.3, -0.25) is 9.59 Å². The van der Waals surface area contributed by atoms with Crippen molar-refractivity contribution in [3.05, 3.63) is 41.2 Å². The van der Waals surface area contributed by atoms with Gasteiger partial charge in [-0.1, -0.05) is 81.7 Å². The van der Waals surface area contributed by atoms with Crippen LogP contribution in [0.5, 0.6) is 11.5 Å². The molecule has 1 aromatic carbocycles. The number of rotatable bonds is 7. The highest BCUT2D eigenvalue weighted by molar-refractivity contribution is 6.67. The zero-order valence-corrected chi connectivity index (χ0v) is 20.5. The number of carboxylic acids is 1. The molecule has 0 bridgehead atoms. The van der Waals surface area contributed by atoms with Crippen LogP contribution in [0.1, 0.15) is 36.4 Å². The monoisotopic (exact) mass is 561 g/mol. The number of hydrogen-bond acceptors (Lipinski definition) is 7. The fourth-order valence-electron chi connectivity index (χ4n) is 2.12. The van der Waals surface area contributed by atoms with Crippen LogP contribution in [0.15, 0.2) is 18.2 Å². The second-order valence-electron chi connectivity index (χ2n) is 5.96. The number of benzene rings is 1. The van der Waals surface area contributed by atoms with Gasteiger partial charge in [0.15, 0.2) is 29.0 Å². The van der Waals surface area contributed by atoms with Crippen molar-refractivity contribution >= 4 is 93.7 Å². The van der Waals surface area contributed by atoms with E-state index in [1.165, 1.54) is 25.1 Å². The molecular formula is C18H13Cl6N3O5. The van der Waals surface area contributed by atoms with Crippen molar-refractivity contribution < 1.29 is 24.2 Å². The summed E-state index contributed by atoms with van der Waals surface area (Å²) in [6, 6.07) is 4.61. The molecule has 0 atom stereocenters. The van der Waals surface area contributed by atoms with E-state index >= 15 is 0 Å². The molecule has 0 saturated heterocycles. The van der Waals surface area contributed by atoms with E-state index in [0.717, 1.165) is 0 Å². The van der Waals surface area contributed by atoms with Gasteiger partial charge >= 0.3 is 11.9 Å². The molecule has 0 aliphatic rings. The zero-order chi connectivity index (χ0) is 24.1. The predicted octanol–water partition coefficient (Wildman–Crippen LogP) is 5.47. The number of aromatic nitrogens is 3. The molecule has 1 N–H and O–H groups in total. The second-order valence-corrected chi connectivity index (χ2v) is 10.5. The summed E-state index contributed by atoms with van der Waals surface area (Å²) in [5, 5.41) is 8.73. The van der Waals surface area contributed by atoms with Gasteiger partial charge in [0.2, 0.25) is 7.59 Å². The minimum Gasteiger partial charge on any atom is -0.489 e. The van der Waals surface area contributed by atoms with Crippen molar-refractivity contribution in [2.24, 2.45) is 0 Å². The molecule has 2 aromatic rings. The first kappa shape index (κ1) is 26.7. The first-order valence-corrected chi connectivity index (χ1v) is 10.8. The number of halogens is 6. The maximum Gasteiger partial charge on any atom is 0.308 e. The van der Waals surface area contributed by atoms with E-state index in [2.05, 4.69) is 15.0 Å². The van der Waals surface area contributed by atoms with Gasteiger partial charge in [-0.05, 0) is 23.8 Å². The lowest BCUT2D eigenvalue weighted by Gasteiger charge is -2.14. The van der Waals surface area contributed by atoms with Crippen LogP contribution in [-0.2, 0) is 17.2 Å². The summed E-state index contributed by atoms with van der Waals surface area (Å²) >= 11 is 35.1. The van der Waals surface area contributed by atoms with Crippen LogP contribution in [0.4, 0.5) is 0 Å². The van der Waals surface area contributed by atoms with Crippen LogP contribution >= 0.6 is 69.6 Å². The number of aliphatic carboxylic acids is 1. The SMILES string of the molecule is CC(=O)Oc1cc(C=Cc2nc(C(Cl)(Cl)Cl)nc(C(Cl)(Cl)Cl)n2)ccc1OCCC(=O)O. The number of hydrogen-bond donors (Lipinski definition) is 1. The van der Waals surface area contributed by atoms with Crippen molar-refractivity contribution in [2.75, 3.05) is 6.61 Å². The molecule has 0 spiro atoms. The van der Waals surface area contributed by atoms with Crippen molar-refractivity contribution in [3.63, 3.8) is 0 Å². The number of carbonyl (C=O) groups excluding carboxylic acids is 1. The molecule has 172 valence electrons. The molecular weight excluding hydrogens is 551 g/mol. The molecule has 0 aliphatic heterocycles. The lowest BCUT2D eigenvalue weighted by Crippen LogP contribution is -2.16. The van der Waals surface area contributed by atoms with E-state index in [1.54, 1.807) is 12.1 Å². The Bertz CT molecular complexity index is 1000. The van der Waals surface area contributed by atoms with E-state index in [-0.39, 0.29) is 42.0 Å². The molecule has 0 saturated carbocycles. The maximum atomic E-state index is 11.4. The first-order valence-electron chi connectivity index (χ1n) is 8.51. The average molecular weight is 564 g/mol. The predicted molar refractivity (Wildman–Crippen MR) is 123 cm³/mol. The topological polar surface area (TPSA) is 112 Å². The number of esters is 1. The van der Waals surface area contributed by atoms with Crippen LogP contribution < -0.4 is 9.47 Å². The summed E-state index contributed by atoms with van der Waals surface area (Å²) in [6.07, 6.45) is 2.75. The van der Waals surface area contributed by atoms with Crippen molar-refractivity contribution in [2.45, 2.75) is 20.9 Å². The Morgan fingerprint density at radius 3 is 2.06 bits per heavy atom. The van der Waals surface area contributed by atoms with Gasteiger partial charge in [0.1, 0.15) is 0 Å². The smallest absolute Gasteiger partial charge is 0.308 e. The number of alkyl halides is 6. The highest BCUT2D eigenvalue weighted by Crippen LogP contribution is 2.40. The Morgan fingerprint density at radius 1 is 0.969 bits per heavy atom. The summed E-state index contributed by atoms with van der Waals surface area (Å²) < 4.78 is 6.52. The lowest BCUT2D eigenvalue weighted by molar-refractivity contribution is -0.137. The molecule has 8 nitrogen and oxygen atoms in total. The third-order valence-electron chi connectivity index (χ3n) is 3.38. The standard InChI is InChI=1S/C18H13Cl6N3O5/c1-9(28)32-12-8-10(2-4-11(12)31-7-6-14(29)30)3-5-13-25-15(17(19,20)21)27-16(26-13)18(22,23)24/h2-5,8H,6-7H2,1H3,(H,29,30). The minimum atomic E-state index is -1.99. The number of nitrogens with zero attached hydrogens (tertiary/aromatic N) is 3. The minimum absolute atomic E-state index is 0.0264. The van der Waals surface area contributed by atoms with Crippen LogP contribution in [0.3, 0.4) is 0 Å². The summed E-state index contributed by atoms with van der Waals surface area (Å²) in [5.41, 5.74) is 0.540. The molecule has 32 heavy (non-hydrogen) atoms. The zero-order valence-electron chi connectivity index (χ0n) is 16.0. The van der Waals surface area contributed by atoms with Crippen LogP contribution in [0.2, 0.25) is 0 Å². The van der Waals surface area contributed by atoms with Gasteiger partial charge in [-0.25, -0.2) is 15.0 Å². The Morgan fingerprint density at radius 2 is 1.56 bits per heavy atom. The highest BCUT2D eigenvalue weighted by Gasteiger charge is 2.33. The molecule has 0 radical (unpaired) electrons. The number of carbonyl (C=O) groups is 2. The average Bonchev–Trinajstić information content (AvgIpc) is 2.65. The van der Waals surface area contributed by atoms with E-state index in [1.807, 2.05) is 0 Å². The quantitative estimate of drug-likeness (QED) is 0.268. The molecule has 1 aromatic heterocycles. The summed E-state index contributed by atoms with van der Waals surface area (Å²) in [6.45, 7) is 1.11. The Balaban J connectivity index is 2.37. The summed E-state index contributed by atoms with van der Waals surface area (Å²) in [5.74, 6) is -1.81. The van der Waals surface area contributed by atoms with Gasteiger partial charge in [0.25, 0.3) is 0 Å². The molecule has 0 fully saturated rings. The molecule has 0 amide bonds. The van der Waals surface area contributed by atoms with Gasteiger partial charge in [-0.2, -0.15) is 0 Å². The fraction of sp³-hybridized carbons (Fsp3) is 0.278.